The Hall–Kier alpha value is -0.930. The van der Waals surface area contributed by atoms with Crippen LogP contribution < -0.4 is 5.73 Å². The van der Waals surface area contributed by atoms with Gasteiger partial charge in [0.15, 0.2) is 0 Å². The molecule has 3 heteroatoms. The molecule has 16 heavy (non-hydrogen) atoms. The quantitative estimate of drug-likeness (QED) is 0.836. The average molecular weight is 225 g/mol. The van der Waals surface area contributed by atoms with Gasteiger partial charge >= 0.3 is 0 Å². The van der Waals surface area contributed by atoms with Crippen molar-refractivity contribution in [1.29, 1.82) is 0 Å². The SMILES string of the molecule is CC(C)COC(c1ccccc1F)C(C)N. The number of benzene rings is 1. The molecule has 0 aliphatic carbocycles. The lowest BCUT2D eigenvalue weighted by Crippen LogP contribution is -2.28. The Labute approximate surface area is 96.6 Å². The van der Waals surface area contributed by atoms with Gasteiger partial charge in [-0.25, -0.2) is 4.39 Å². The molecule has 0 spiro atoms. The molecule has 0 bridgehead atoms. The molecule has 2 unspecified atom stereocenters. The predicted octanol–water partition coefficient (Wildman–Crippen LogP) is 2.89. The van der Waals surface area contributed by atoms with Crippen molar-refractivity contribution in [2.24, 2.45) is 11.7 Å². The molecule has 0 saturated carbocycles. The molecule has 1 aromatic carbocycles. The summed E-state index contributed by atoms with van der Waals surface area (Å²) < 4.78 is 19.3. The second kappa shape index (κ2) is 5.97. The minimum atomic E-state index is -0.372. The summed E-state index contributed by atoms with van der Waals surface area (Å²) in [7, 11) is 0. The van der Waals surface area contributed by atoms with E-state index in [2.05, 4.69) is 13.8 Å². The number of nitrogens with two attached hydrogens (primary N) is 1. The Morgan fingerprint density at radius 3 is 2.38 bits per heavy atom. The third-order valence-corrected chi connectivity index (χ3v) is 2.30. The van der Waals surface area contributed by atoms with E-state index in [4.69, 9.17) is 10.5 Å². The third-order valence-electron chi connectivity index (χ3n) is 2.30. The molecule has 1 aromatic rings. The van der Waals surface area contributed by atoms with Gasteiger partial charge in [0.2, 0.25) is 0 Å². The van der Waals surface area contributed by atoms with Crippen molar-refractivity contribution in [2.45, 2.75) is 32.9 Å². The summed E-state index contributed by atoms with van der Waals surface area (Å²) in [6.07, 6.45) is -0.372. The molecule has 0 aliphatic rings. The maximum atomic E-state index is 13.6. The first-order chi connectivity index (χ1) is 7.52. The van der Waals surface area contributed by atoms with Crippen LogP contribution in [0.2, 0.25) is 0 Å². The number of hydrogen-bond donors (Lipinski definition) is 1. The van der Waals surface area contributed by atoms with Crippen LogP contribution in [0.3, 0.4) is 0 Å². The van der Waals surface area contributed by atoms with Crippen molar-refractivity contribution in [3.05, 3.63) is 35.6 Å². The summed E-state index contributed by atoms with van der Waals surface area (Å²) in [5.74, 6) is 0.154. The molecule has 0 amide bonds. The van der Waals surface area contributed by atoms with E-state index in [1.54, 1.807) is 18.2 Å². The largest absolute Gasteiger partial charge is 0.372 e. The van der Waals surface area contributed by atoms with Crippen LogP contribution in [-0.2, 0) is 4.74 Å². The average Bonchev–Trinajstić information content (AvgIpc) is 2.20. The van der Waals surface area contributed by atoms with Crippen molar-refractivity contribution in [3.63, 3.8) is 0 Å². The van der Waals surface area contributed by atoms with Gasteiger partial charge in [-0.1, -0.05) is 32.0 Å². The highest BCUT2D eigenvalue weighted by molar-refractivity contribution is 5.21. The Morgan fingerprint density at radius 1 is 1.25 bits per heavy atom. The highest BCUT2D eigenvalue weighted by atomic mass is 19.1. The van der Waals surface area contributed by atoms with E-state index in [0.29, 0.717) is 18.1 Å². The lowest BCUT2D eigenvalue weighted by molar-refractivity contribution is 0.0200. The Balaban J connectivity index is 2.82. The van der Waals surface area contributed by atoms with Crippen LogP contribution in [-0.4, -0.2) is 12.6 Å². The first kappa shape index (κ1) is 13.1. The standard InChI is InChI=1S/C13H20FNO/c1-9(2)8-16-13(10(3)15)11-6-4-5-7-12(11)14/h4-7,9-10,13H,8,15H2,1-3H3. The number of hydrogen-bond acceptors (Lipinski definition) is 2. The van der Waals surface area contributed by atoms with Crippen molar-refractivity contribution < 1.29 is 9.13 Å². The number of ether oxygens (including phenoxy) is 1. The molecule has 0 aliphatic heterocycles. The molecule has 0 aromatic heterocycles. The smallest absolute Gasteiger partial charge is 0.129 e. The van der Waals surface area contributed by atoms with Gasteiger partial charge in [-0.05, 0) is 18.9 Å². The molecule has 1 rings (SSSR count). The third kappa shape index (κ3) is 3.58. The van der Waals surface area contributed by atoms with Gasteiger partial charge in [0.1, 0.15) is 11.9 Å². The summed E-state index contributed by atoms with van der Waals surface area (Å²) in [6.45, 7) is 6.52. The van der Waals surface area contributed by atoms with Crippen LogP contribution in [0, 0.1) is 11.7 Å². The van der Waals surface area contributed by atoms with E-state index >= 15 is 0 Å². The van der Waals surface area contributed by atoms with Crippen LogP contribution >= 0.6 is 0 Å². The first-order valence-corrected chi connectivity index (χ1v) is 5.64. The van der Waals surface area contributed by atoms with Gasteiger partial charge < -0.3 is 10.5 Å². The zero-order chi connectivity index (χ0) is 12.1. The molecule has 2 atom stereocenters. The van der Waals surface area contributed by atoms with Crippen LogP contribution in [0.5, 0.6) is 0 Å². The second-order valence-electron chi connectivity index (χ2n) is 4.53. The monoisotopic (exact) mass is 225 g/mol. The minimum absolute atomic E-state index is 0.226. The van der Waals surface area contributed by atoms with Gasteiger partial charge in [-0.2, -0.15) is 0 Å². The number of rotatable bonds is 5. The highest BCUT2D eigenvalue weighted by Crippen LogP contribution is 2.23. The van der Waals surface area contributed by atoms with E-state index in [0.717, 1.165) is 0 Å². The van der Waals surface area contributed by atoms with E-state index in [1.807, 2.05) is 6.92 Å². The van der Waals surface area contributed by atoms with E-state index < -0.39 is 0 Å². The summed E-state index contributed by atoms with van der Waals surface area (Å²) in [5.41, 5.74) is 6.37. The summed E-state index contributed by atoms with van der Waals surface area (Å²) in [5, 5.41) is 0. The Kier molecular flexibility index (Phi) is 4.90. The zero-order valence-corrected chi connectivity index (χ0v) is 10.1. The molecule has 0 radical (unpaired) electrons. The molecule has 2 nitrogen and oxygen atoms in total. The molecule has 2 N–H and O–H groups in total. The van der Waals surface area contributed by atoms with E-state index in [9.17, 15) is 4.39 Å². The first-order valence-electron chi connectivity index (χ1n) is 5.64. The van der Waals surface area contributed by atoms with E-state index in [1.165, 1.54) is 6.07 Å². The molecular formula is C13H20FNO. The molecule has 0 saturated heterocycles. The molecule has 0 fully saturated rings. The normalized spacial score (nSPS) is 15.1. The van der Waals surface area contributed by atoms with Crippen LogP contribution in [0.4, 0.5) is 4.39 Å². The van der Waals surface area contributed by atoms with Crippen LogP contribution in [0.1, 0.15) is 32.4 Å². The maximum absolute atomic E-state index is 13.6. The van der Waals surface area contributed by atoms with Gasteiger partial charge in [0.05, 0.1) is 0 Å². The molecule has 90 valence electrons. The predicted molar refractivity (Wildman–Crippen MR) is 63.6 cm³/mol. The van der Waals surface area contributed by atoms with Crippen molar-refractivity contribution in [2.75, 3.05) is 6.61 Å². The van der Waals surface area contributed by atoms with Gasteiger partial charge in [0, 0.05) is 18.2 Å². The summed E-state index contributed by atoms with van der Waals surface area (Å²) >= 11 is 0. The van der Waals surface area contributed by atoms with Crippen LogP contribution in [0.25, 0.3) is 0 Å². The van der Waals surface area contributed by atoms with E-state index in [-0.39, 0.29) is 18.0 Å². The molecule has 0 heterocycles. The lowest BCUT2D eigenvalue weighted by atomic mass is 10.0. The fraction of sp³-hybridized carbons (Fsp3) is 0.538. The zero-order valence-electron chi connectivity index (χ0n) is 10.1. The van der Waals surface area contributed by atoms with Crippen molar-refractivity contribution >= 4 is 0 Å². The summed E-state index contributed by atoms with van der Waals surface area (Å²) in [6, 6.07) is 6.40. The highest BCUT2D eigenvalue weighted by Gasteiger charge is 2.20. The van der Waals surface area contributed by atoms with Gasteiger partial charge in [-0.15, -0.1) is 0 Å². The fourth-order valence-corrected chi connectivity index (χ4v) is 1.53. The minimum Gasteiger partial charge on any atom is -0.372 e. The van der Waals surface area contributed by atoms with Crippen molar-refractivity contribution in [3.8, 4) is 0 Å². The van der Waals surface area contributed by atoms with Gasteiger partial charge in [-0.3, -0.25) is 0 Å². The summed E-state index contributed by atoms with van der Waals surface area (Å²) in [4.78, 5) is 0. The molecular weight excluding hydrogens is 205 g/mol. The second-order valence-corrected chi connectivity index (χ2v) is 4.53. The Bertz CT molecular complexity index is 325. The lowest BCUT2D eigenvalue weighted by Gasteiger charge is -2.23. The Morgan fingerprint density at radius 2 is 1.88 bits per heavy atom. The topological polar surface area (TPSA) is 35.2 Å². The van der Waals surface area contributed by atoms with Crippen LogP contribution in [0.15, 0.2) is 24.3 Å². The maximum Gasteiger partial charge on any atom is 0.129 e. The van der Waals surface area contributed by atoms with Gasteiger partial charge in [0.25, 0.3) is 0 Å². The van der Waals surface area contributed by atoms with Crippen molar-refractivity contribution in [1.82, 2.24) is 0 Å². The number of halogens is 1. The fourth-order valence-electron chi connectivity index (χ4n) is 1.53.